The van der Waals surface area contributed by atoms with Crippen molar-refractivity contribution < 1.29 is 9.21 Å². The van der Waals surface area contributed by atoms with Gasteiger partial charge in [0.1, 0.15) is 5.76 Å². The van der Waals surface area contributed by atoms with Crippen LogP contribution in [-0.4, -0.2) is 5.91 Å². The van der Waals surface area contributed by atoms with E-state index in [4.69, 9.17) is 10.2 Å². The van der Waals surface area contributed by atoms with Gasteiger partial charge in [0.2, 0.25) is 0 Å². The highest BCUT2D eigenvalue weighted by Crippen LogP contribution is 2.23. The maximum Gasteiger partial charge on any atom is 0.252 e. The molecule has 0 radical (unpaired) electrons. The summed E-state index contributed by atoms with van der Waals surface area (Å²) in [5.41, 5.74) is 6.32. The Hall–Kier alpha value is -2.88. The van der Waals surface area contributed by atoms with Gasteiger partial charge in [-0.3, -0.25) is 9.59 Å². The molecule has 0 saturated carbocycles. The third-order valence-corrected chi connectivity index (χ3v) is 3.08. The molecule has 2 N–H and O–H groups in total. The number of rotatable bonds is 2. The molecular weight excluding hydrogens is 254 g/mol. The molecule has 0 bridgehead atoms. The van der Waals surface area contributed by atoms with E-state index in [9.17, 15) is 9.59 Å². The van der Waals surface area contributed by atoms with E-state index < -0.39 is 5.91 Å². The second kappa shape index (κ2) is 4.66. The van der Waals surface area contributed by atoms with Gasteiger partial charge in [-0.15, -0.1) is 0 Å². The summed E-state index contributed by atoms with van der Waals surface area (Å²) in [7, 11) is 0. The number of benzene rings is 2. The highest BCUT2D eigenvalue weighted by molar-refractivity contribution is 6.04. The van der Waals surface area contributed by atoms with Crippen LogP contribution in [0.5, 0.6) is 0 Å². The zero-order valence-corrected chi connectivity index (χ0v) is 10.5. The third kappa shape index (κ3) is 1.97. The van der Waals surface area contributed by atoms with Gasteiger partial charge in [-0.1, -0.05) is 36.4 Å². The molecule has 0 fully saturated rings. The summed E-state index contributed by atoms with van der Waals surface area (Å²) in [5.74, 6) is -0.208. The highest BCUT2D eigenvalue weighted by Gasteiger charge is 2.13. The van der Waals surface area contributed by atoms with Crippen LogP contribution in [0.3, 0.4) is 0 Å². The molecule has 1 amide bonds. The number of hydrogen-bond acceptors (Lipinski definition) is 3. The summed E-state index contributed by atoms with van der Waals surface area (Å²) in [4.78, 5) is 23.6. The summed E-state index contributed by atoms with van der Waals surface area (Å²) in [6, 6.07) is 15.4. The summed E-state index contributed by atoms with van der Waals surface area (Å²) in [6.07, 6.45) is 0. The molecule has 1 aromatic heterocycles. The van der Waals surface area contributed by atoms with E-state index in [1.807, 2.05) is 30.3 Å². The van der Waals surface area contributed by atoms with Crippen LogP contribution in [0, 0.1) is 0 Å². The van der Waals surface area contributed by atoms with Crippen molar-refractivity contribution in [2.24, 2.45) is 5.73 Å². The lowest BCUT2D eigenvalue weighted by molar-refractivity contribution is 0.100. The molecule has 0 aliphatic rings. The second-order valence-electron chi connectivity index (χ2n) is 4.39. The summed E-state index contributed by atoms with van der Waals surface area (Å²) in [5, 5.41) is 0.348. The van der Waals surface area contributed by atoms with Gasteiger partial charge in [0.15, 0.2) is 11.0 Å². The maximum atomic E-state index is 12.1. The fourth-order valence-electron chi connectivity index (χ4n) is 2.12. The zero-order valence-electron chi connectivity index (χ0n) is 10.5. The van der Waals surface area contributed by atoms with Gasteiger partial charge in [0.25, 0.3) is 5.91 Å². The number of para-hydroxylation sites is 1. The third-order valence-electron chi connectivity index (χ3n) is 3.08. The van der Waals surface area contributed by atoms with Crippen LogP contribution < -0.4 is 11.2 Å². The molecule has 0 unspecified atom stereocenters. The lowest BCUT2D eigenvalue weighted by atomic mass is 10.1. The average Bonchev–Trinajstić information content (AvgIpc) is 2.47. The van der Waals surface area contributed by atoms with Crippen LogP contribution in [0.15, 0.2) is 63.8 Å². The van der Waals surface area contributed by atoms with Crippen LogP contribution in [0.2, 0.25) is 0 Å². The number of nitrogens with two attached hydrogens (primary N) is 1. The van der Waals surface area contributed by atoms with Gasteiger partial charge in [-0.25, -0.2) is 0 Å². The van der Waals surface area contributed by atoms with E-state index in [1.165, 1.54) is 6.07 Å². The first-order valence-electron chi connectivity index (χ1n) is 6.09. The lowest BCUT2D eigenvalue weighted by Crippen LogP contribution is -2.13. The van der Waals surface area contributed by atoms with E-state index >= 15 is 0 Å². The molecular formula is C16H11NO3. The molecule has 2 aromatic carbocycles. The van der Waals surface area contributed by atoms with Crippen molar-refractivity contribution >= 4 is 16.9 Å². The molecule has 20 heavy (non-hydrogen) atoms. The zero-order chi connectivity index (χ0) is 14.1. The van der Waals surface area contributed by atoms with Crippen molar-refractivity contribution in [3.05, 3.63) is 70.4 Å². The molecule has 0 aliphatic heterocycles. The Balaban J connectivity index is 2.36. The molecule has 4 nitrogen and oxygen atoms in total. The number of carbonyl (C=O) groups is 1. The first-order chi connectivity index (χ1) is 9.66. The summed E-state index contributed by atoms with van der Waals surface area (Å²) >= 11 is 0. The van der Waals surface area contributed by atoms with Gasteiger partial charge in [-0.05, 0) is 12.1 Å². The summed E-state index contributed by atoms with van der Waals surface area (Å²) in [6.45, 7) is 0. The Morgan fingerprint density at radius 3 is 2.45 bits per heavy atom. The minimum Gasteiger partial charge on any atom is -0.455 e. The van der Waals surface area contributed by atoms with Gasteiger partial charge in [-0.2, -0.15) is 0 Å². The summed E-state index contributed by atoms with van der Waals surface area (Å²) < 4.78 is 5.72. The molecule has 0 saturated heterocycles. The Morgan fingerprint density at radius 1 is 1.00 bits per heavy atom. The topological polar surface area (TPSA) is 73.3 Å². The van der Waals surface area contributed by atoms with Crippen molar-refractivity contribution in [3.8, 4) is 11.3 Å². The van der Waals surface area contributed by atoms with Crippen molar-refractivity contribution in [1.29, 1.82) is 0 Å². The highest BCUT2D eigenvalue weighted by atomic mass is 16.3. The van der Waals surface area contributed by atoms with Crippen LogP contribution >= 0.6 is 0 Å². The van der Waals surface area contributed by atoms with Gasteiger partial charge in [0.05, 0.1) is 10.9 Å². The number of amides is 1. The van der Waals surface area contributed by atoms with Crippen LogP contribution in [0.25, 0.3) is 22.3 Å². The van der Waals surface area contributed by atoms with Gasteiger partial charge < -0.3 is 10.2 Å². The van der Waals surface area contributed by atoms with Crippen molar-refractivity contribution in [3.63, 3.8) is 0 Å². The Labute approximate surface area is 114 Å². The van der Waals surface area contributed by atoms with Crippen molar-refractivity contribution in [1.82, 2.24) is 0 Å². The fourth-order valence-corrected chi connectivity index (χ4v) is 2.12. The van der Waals surface area contributed by atoms with Crippen LogP contribution in [-0.2, 0) is 0 Å². The number of primary amides is 1. The molecule has 0 spiro atoms. The molecule has 3 aromatic rings. The Morgan fingerprint density at radius 2 is 1.75 bits per heavy atom. The Kier molecular flexibility index (Phi) is 2.84. The molecule has 98 valence electrons. The van der Waals surface area contributed by atoms with Gasteiger partial charge in [0, 0.05) is 11.6 Å². The molecule has 1 heterocycles. The van der Waals surface area contributed by atoms with E-state index in [0.717, 1.165) is 5.56 Å². The predicted octanol–water partition coefficient (Wildman–Crippen LogP) is 2.56. The van der Waals surface area contributed by atoms with E-state index in [2.05, 4.69) is 0 Å². The minimum absolute atomic E-state index is 0.201. The first-order valence-corrected chi connectivity index (χ1v) is 6.09. The predicted molar refractivity (Wildman–Crippen MR) is 76.4 cm³/mol. The largest absolute Gasteiger partial charge is 0.455 e. The number of carbonyl (C=O) groups excluding carboxylic acids is 1. The standard InChI is InChI=1S/C16H11NO3/c17-16(19)12-8-4-7-11-13(18)9-14(20-15(11)12)10-5-2-1-3-6-10/h1-9H,(H2,17,19). The van der Waals surface area contributed by atoms with E-state index in [1.54, 1.807) is 18.2 Å². The number of fused-ring (bicyclic) bond motifs is 1. The van der Waals surface area contributed by atoms with Crippen molar-refractivity contribution in [2.75, 3.05) is 0 Å². The average molecular weight is 265 g/mol. The molecule has 3 rings (SSSR count). The van der Waals surface area contributed by atoms with E-state index in [-0.39, 0.29) is 16.6 Å². The van der Waals surface area contributed by atoms with E-state index in [0.29, 0.717) is 11.1 Å². The normalized spacial score (nSPS) is 10.6. The number of hydrogen-bond donors (Lipinski definition) is 1. The SMILES string of the molecule is NC(=O)c1cccc2c(=O)cc(-c3ccccc3)oc12. The van der Waals surface area contributed by atoms with Crippen LogP contribution in [0.1, 0.15) is 10.4 Å². The van der Waals surface area contributed by atoms with Crippen LogP contribution in [0.4, 0.5) is 0 Å². The molecule has 0 aliphatic carbocycles. The molecule has 0 atom stereocenters. The minimum atomic E-state index is -0.621. The quantitative estimate of drug-likeness (QED) is 0.773. The smallest absolute Gasteiger partial charge is 0.252 e. The second-order valence-corrected chi connectivity index (χ2v) is 4.39. The maximum absolute atomic E-state index is 12.1. The lowest BCUT2D eigenvalue weighted by Gasteiger charge is -2.05. The van der Waals surface area contributed by atoms with Crippen molar-refractivity contribution in [2.45, 2.75) is 0 Å². The van der Waals surface area contributed by atoms with Gasteiger partial charge >= 0.3 is 0 Å². The Bertz CT molecular complexity index is 850. The monoisotopic (exact) mass is 265 g/mol. The molecule has 4 heteroatoms. The first kappa shape index (κ1) is 12.2. The fraction of sp³-hybridized carbons (Fsp3) is 0.